The summed E-state index contributed by atoms with van der Waals surface area (Å²) in [6.45, 7) is 5.45. The summed E-state index contributed by atoms with van der Waals surface area (Å²) in [5.74, 6) is 1.71. The van der Waals surface area contributed by atoms with Gasteiger partial charge in [-0.1, -0.05) is 44.2 Å². The molecule has 2 aromatic heterocycles. The van der Waals surface area contributed by atoms with E-state index in [1.165, 1.54) is 0 Å². The lowest BCUT2D eigenvalue weighted by Crippen LogP contribution is -2.44. The van der Waals surface area contributed by atoms with Gasteiger partial charge in [0.15, 0.2) is 11.6 Å². The van der Waals surface area contributed by atoms with Crippen molar-refractivity contribution in [3.8, 4) is 11.4 Å². The van der Waals surface area contributed by atoms with Crippen LogP contribution in [-0.2, 0) is 13.6 Å². The Morgan fingerprint density at radius 3 is 2.54 bits per heavy atom. The molecular formula is C19H22N6O. The van der Waals surface area contributed by atoms with Crippen molar-refractivity contribution in [1.29, 1.82) is 0 Å². The summed E-state index contributed by atoms with van der Waals surface area (Å²) in [7, 11) is 1.82. The minimum atomic E-state index is -0.122. The van der Waals surface area contributed by atoms with Crippen molar-refractivity contribution in [2.45, 2.75) is 26.4 Å². The van der Waals surface area contributed by atoms with Gasteiger partial charge in [0, 0.05) is 25.4 Å². The van der Waals surface area contributed by atoms with Gasteiger partial charge in [-0.05, 0) is 12.0 Å². The van der Waals surface area contributed by atoms with Gasteiger partial charge in [0.25, 0.3) is 5.91 Å². The van der Waals surface area contributed by atoms with Crippen molar-refractivity contribution in [2.24, 2.45) is 13.0 Å². The first-order valence-corrected chi connectivity index (χ1v) is 8.85. The summed E-state index contributed by atoms with van der Waals surface area (Å²) in [5, 5.41) is 8.94. The molecule has 0 N–H and O–H groups in total. The molecule has 1 aromatic carbocycles. The summed E-state index contributed by atoms with van der Waals surface area (Å²) >= 11 is 0. The Morgan fingerprint density at radius 2 is 1.88 bits per heavy atom. The van der Waals surface area contributed by atoms with Gasteiger partial charge in [-0.15, -0.1) is 0 Å². The predicted octanol–water partition coefficient (Wildman–Crippen LogP) is 2.53. The number of hydrogen-bond donors (Lipinski definition) is 0. The van der Waals surface area contributed by atoms with E-state index in [1.54, 1.807) is 16.9 Å². The van der Waals surface area contributed by atoms with Crippen molar-refractivity contribution in [2.75, 3.05) is 6.54 Å². The van der Waals surface area contributed by atoms with Crippen LogP contribution in [0.4, 0.5) is 0 Å². The molecule has 0 radical (unpaired) electrons. The maximum Gasteiger partial charge on any atom is 0.275 e. The first kappa shape index (κ1) is 16.5. The number of aromatic nitrogens is 5. The smallest absolute Gasteiger partial charge is 0.275 e. The number of nitrogens with zero attached hydrogens (tertiary/aromatic N) is 6. The minimum Gasteiger partial charge on any atom is -0.325 e. The van der Waals surface area contributed by atoms with Crippen LogP contribution in [-0.4, -0.2) is 41.9 Å². The number of rotatable bonds is 3. The summed E-state index contributed by atoms with van der Waals surface area (Å²) in [6, 6.07) is 11.6. The third-order valence-electron chi connectivity index (χ3n) is 4.71. The molecule has 134 valence electrons. The van der Waals surface area contributed by atoms with E-state index in [1.807, 2.05) is 47.0 Å². The zero-order valence-corrected chi connectivity index (χ0v) is 15.2. The first-order chi connectivity index (χ1) is 12.5. The maximum absolute atomic E-state index is 13.0. The topological polar surface area (TPSA) is 68.8 Å². The van der Waals surface area contributed by atoms with Crippen LogP contribution in [0.25, 0.3) is 11.4 Å². The van der Waals surface area contributed by atoms with Gasteiger partial charge in [-0.25, -0.2) is 9.67 Å². The Morgan fingerprint density at radius 1 is 1.12 bits per heavy atom. The molecule has 0 saturated carbocycles. The third-order valence-corrected chi connectivity index (χ3v) is 4.71. The van der Waals surface area contributed by atoms with Crippen LogP contribution in [0.2, 0.25) is 0 Å². The summed E-state index contributed by atoms with van der Waals surface area (Å²) in [5.41, 5.74) is 1.45. The molecule has 4 rings (SSSR count). The second kappa shape index (κ2) is 6.40. The van der Waals surface area contributed by atoms with Crippen LogP contribution in [0, 0.1) is 5.92 Å². The van der Waals surface area contributed by atoms with E-state index in [0.717, 1.165) is 11.4 Å². The van der Waals surface area contributed by atoms with Crippen LogP contribution in [0.5, 0.6) is 0 Å². The summed E-state index contributed by atoms with van der Waals surface area (Å²) < 4.78 is 3.59. The average molecular weight is 350 g/mol. The van der Waals surface area contributed by atoms with E-state index in [4.69, 9.17) is 4.98 Å². The molecule has 0 spiro atoms. The second-order valence-corrected chi connectivity index (χ2v) is 6.94. The Kier molecular flexibility index (Phi) is 4.06. The number of benzene rings is 1. The molecule has 7 nitrogen and oxygen atoms in total. The van der Waals surface area contributed by atoms with E-state index in [-0.39, 0.29) is 17.9 Å². The number of hydrogen-bond acceptors (Lipinski definition) is 4. The standard InChI is InChI=1S/C19H22N6O/c1-13(2)16-18-20-17(14-7-5-4-6-8-14)22-25(18)12-11-24(16)19(26)15-9-10-23(3)21-15/h4-10,13,16H,11-12H2,1-3H3/t16-/m0/s1. The van der Waals surface area contributed by atoms with Gasteiger partial charge in [0.1, 0.15) is 5.69 Å². The SMILES string of the molecule is CC(C)[C@H]1c2nc(-c3ccccc3)nn2CCN1C(=O)c1ccn(C)n1. The molecule has 3 aromatic rings. The lowest BCUT2D eigenvalue weighted by atomic mass is 9.99. The molecule has 0 aliphatic carbocycles. The molecular weight excluding hydrogens is 328 g/mol. The molecule has 1 aliphatic heterocycles. The van der Waals surface area contributed by atoms with E-state index in [2.05, 4.69) is 24.0 Å². The lowest BCUT2D eigenvalue weighted by molar-refractivity contribution is 0.0530. The number of amides is 1. The fourth-order valence-electron chi connectivity index (χ4n) is 3.49. The lowest BCUT2D eigenvalue weighted by Gasteiger charge is -2.37. The van der Waals surface area contributed by atoms with Crippen LogP contribution in [0.1, 0.15) is 36.2 Å². The minimum absolute atomic E-state index is 0.0557. The highest BCUT2D eigenvalue weighted by atomic mass is 16.2. The predicted molar refractivity (Wildman–Crippen MR) is 97.3 cm³/mol. The van der Waals surface area contributed by atoms with Crippen molar-refractivity contribution in [3.05, 3.63) is 54.1 Å². The monoisotopic (exact) mass is 350 g/mol. The fourth-order valence-corrected chi connectivity index (χ4v) is 3.49. The number of fused-ring (bicyclic) bond motifs is 1. The van der Waals surface area contributed by atoms with Gasteiger partial charge in [0.05, 0.1) is 12.6 Å². The molecule has 1 atom stereocenters. The van der Waals surface area contributed by atoms with Gasteiger partial charge in [0.2, 0.25) is 0 Å². The van der Waals surface area contributed by atoms with E-state index in [9.17, 15) is 4.79 Å². The Hall–Kier alpha value is -2.96. The van der Waals surface area contributed by atoms with Crippen molar-refractivity contribution >= 4 is 5.91 Å². The molecule has 1 amide bonds. The van der Waals surface area contributed by atoms with Crippen LogP contribution >= 0.6 is 0 Å². The van der Waals surface area contributed by atoms with Gasteiger partial charge < -0.3 is 4.90 Å². The van der Waals surface area contributed by atoms with Crippen LogP contribution < -0.4 is 0 Å². The molecule has 0 bridgehead atoms. The van der Waals surface area contributed by atoms with E-state index in [0.29, 0.717) is 24.6 Å². The Balaban J connectivity index is 1.71. The van der Waals surface area contributed by atoms with Crippen molar-refractivity contribution in [3.63, 3.8) is 0 Å². The maximum atomic E-state index is 13.0. The van der Waals surface area contributed by atoms with Crippen molar-refractivity contribution < 1.29 is 4.79 Å². The fraction of sp³-hybridized carbons (Fsp3) is 0.368. The highest BCUT2D eigenvalue weighted by Crippen LogP contribution is 2.33. The van der Waals surface area contributed by atoms with E-state index >= 15 is 0 Å². The van der Waals surface area contributed by atoms with Gasteiger partial charge in [-0.3, -0.25) is 9.48 Å². The normalized spacial score (nSPS) is 16.8. The number of carbonyl (C=O) groups is 1. The highest BCUT2D eigenvalue weighted by Gasteiger charge is 2.36. The van der Waals surface area contributed by atoms with Gasteiger partial charge >= 0.3 is 0 Å². The molecule has 0 saturated heterocycles. The molecule has 26 heavy (non-hydrogen) atoms. The van der Waals surface area contributed by atoms with Crippen LogP contribution in [0.3, 0.4) is 0 Å². The van der Waals surface area contributed by atoms with Crippen LogP contribution in [0.15, 0.2) is 42.6 Å². The quantitative estimate of drug-likeness (QED) is 0.728. The number of aryl methyl sites for hydroxylation is 1. The zero-order chi connectivity index (χ0) is 18.3. The Bertz CT molecular complexity index is 927. The molecule has 0 fully saturated rings. The van der Waals surface area contributed by atoms with Crippen molar-refractivity contribution in [1.82, 2.24) is 29.4 Å². The van der Waals surface area contributed by atoms with Gasteiger partial charge in [-0.2, -0.15) is 10.2 Å². The zero-order valence-electron chi connectivity index (χ0n) is 15.2. The third kappa shape index (κ3) is 2.79. The molecule has 0 unspecified atom stereocenters. The molecule has 7 heteroatoms. The largest absolute Gasteiger partial charge is 0.325 e. The highest BCUT2D eigenvalue weighted by molar-refractivity contribution is 5.92. The second-order valence-electron chi connectivity index (χ2n) is 6.94. The van der Waals surface area contributed by atoms with E-state index < -0.39 is 0 Å². The average Bonchev–Trinajstić information content (AvgIpc) is 3.27. The molecule has 1 aliphatic rings. The number of carbonyl (C=O) groups excluding carboxylic acids is 1. The molecule has 3 heterocycles. The summed E-state index contributed by atoms with van der Waals surface area (Å²) in [6.07, 6.45) is 1.79. The first-order valence-electron chi connectivity index (χ1n) is 8.85. The summed E-state index contributed by atoms with van der Waals surface area (Å²) in [4.78, 5) is 19.7. The Labute approximate surface area is 152 Å².